The first-order valence-electron chi connectivity index (χ1n) is 5.92. The van der Waals surface area contributed by atoms with Gasteiger partial charge in [0, 0.05) is 25.2 Å². The molecule has 0 saturated carbocycles. The lowest BCUT2D eigenvalue weighted by molar-refractivity contribution is 0.697. The number of nitrogens with zero attached hydrogens (tertiary/aromatic N) is 3. The molecule has 2 rings (SSSR count). The fourth-order valence-corrected chi connectivity index (χ4v) is 3.06. The molecule has 2 aromatic heterocycles. The molecule has 0 aliphatic carbocycles. The number of anilines is 1. The molecule has 2 aromatic rings. The average Bonchev–Trinajstić information content (AvgIpc) is 2.62. The highest BCUT2D eigenvalue weighted by atomic mass is 35.5. The van der Waals surface area contributed by atoms with E-state index < -0.39 is 0 Å². The summed E-state index contributed by atoms with van der Waals surface area (Å²) in [5, 5.41) is 0.484. The van der Waals surface area contributed by atoms with Crippen LogP contribution in [0, 0.1) is 6.92 Å². The number of rotatable bonds is 3. The van der Waals surface area contributed by atoms with Crippen molar-refractivity contribution >= 4 is 28.8 Å². The van der Waals surface area contributed by atoms with Crippen molar-refractivity contribution < 1.29 is 0 Å². The maximum atomic E-state index is 11.7. The Morgan fingerprint density at radius 1 is 1.47 bits per heavy atom. The van der Waals surface area contributed by atoms with Gasteiger partial charge in [0.15, 0.2) is 0 Å². The van der Waals surface area contributed by atoms with Gasteiger partial charge in [0.05, 0.1) is 6.04 Å². The van der Waals surface area contributed by atoms with E-state index in [1.54, 1.807) is 23.9 Å². The second kappa shape index (κ2) is 5.35. The van der Waals surface area contributed by atoms with E-state index in [1.165, 1.54) is 11.3 Å². The molecular formula is C13H16ClN3OS. The zero-order valence-electron chi connectivity index (χ0n) is 11.3. The number of halogens is 1. The van der Waals surface area contributed by atoms with E-state index in [4.69, 9.17) is 11.6 Å². The number of pyridine rings is 1. The Hall–Kier alpha value is -1.33. The minimum Gasteiger partial charge on any atom is -0.353 e. The molecule has 102 valence electrons. The van der Waals surface area contributed by atoms with Gasteiger partial charge >= 0.3 is 4.87 Å². The molecule has 2 heterocycles. The summed E-state index contributed by atoms with van der Waals surface area (Å²) in [4.78, 5) is 18.9. The average molecular weight is 298 g/mol. The van der Waals surface area contributed by atoms with Crippen LogP contribution >= 0.6 is 22.9 Å². The van der Waals surface area contributed by atoms with Crippen LogP contribution in [-0.4, -0.2) is 16.6 Å². The predicted octanol–water partition coefficient (Wildman–Crippen LogP) is 3.00. The molecule has 19 heavy (non-hydrogen) atoms. The maximum Gasteiger partial charge on any atom is 0.308 e. The number of aromatic nitrogens is 2. The molecule has 0 aromatic carbocycles. The molecule has 0 aliphatic rings. The normalized spacial score (nSPS) is 12.5. The Bertz CT molecular complexity index is 632. The monoisotopic (exact) mass is 297 g/mol. The standard InChI is InChI=1S/C13H16ClN3OS/c1-8(10-5-6-11(14)15-7-10)16(3)12-9(2)19-13(18)17(12)4/h5-8H,1-4H3. The van der Waals surface area contributed by atoms with E-state index in [1.807, 2.05) is 20.0 Å². The first-order chi connectivity index (χ1) is 8.91. The summed E-state index contributed by atoms with van der Waals surface area (Å²) < 4.78 is 1.68. The molecule has 0 radical (unpaired) electrons. The number of thiazole rings is 1. The SMILES string of the molecule is Cc1sc(=O)n(C)c1N(C)C(C)c1ccc(Cl)nc1. The van der Waals surface area contributed by atoms with Crippen molar-refractivity contribution in [2.75, 3.05) is 11.9 Å². The summed E-state index contributed by atoms with van der Waals surface area (Å²) in [6.45, 7) is 4.04. The van der Waals surface area contributed by atoms with Crippen molar-refractivity contribution in [3.63, 3.8) is 0 Å². The minimum absolute atomic E-state index is 0.0563. The van der Waals surface area contributed by atoms with Gasteiger partial charge in [-0.1, -0.05) is 29.0 Å². The Kier molecular flexibility index (Phi) is 3.96. The molecule has 0 saturated heterocycles. The van der Waals surface area contributed by atoms with Crippen LogP contribution in [0.1, 0.15) is 23.4 Å². The highest BCUT2D eigenvalue weighted by molar-refractivity contribution is 7.09. The lowest BCUT2D eigenvalue weighted by atomic mass is 10.1. The van der Waals surface area contributed by atoms with Crippen molar-refractivity contribution in [3.05, 3.63) is 43.6 Å². The number of hydrogen-bond acceptors (Lipinski definition) is 4. The fourth-order valence-electron chi connectivity index (χ4n) is 2.09. The van der Waals surface area contributed by atoms with E-state index in [9.17, 15) is 4.79 Å². The minimum atomic E-state index is 0.0563. The molecule has 0 spiro atoms. The van der Waals surface area contributed by atoms with Gasteiger partial charge in [-0.05, 0) is 25.5 Å². The van der Waals surface area contributed by atoms with Gasteiger partial charge in [-0.2, -0.15) is 0 Å². The highest BCUT2D eigenvalue weighted by Crippen LogP contribution is 2.28. The number of hydrogen-bond donors (Lipinski definition) is 0. The molecule has 1 unspecified atom stereocenters. The third-order valence-electron chi connectivity index (χ3n) is 3.29. The summed E-state index contributed by atoms with van der Waals surface area (Å²) in [5.74, 6) is 0.942. The Balaban J connectivity index is 2.35. The Labute approximate surface area is 121 Å². The van der Waals surface area contributed by atoms with Crippen molar-refractivity contribution in [2.45, 2.75) is 19.9 Å². The summed E-state index contributed by atoms with van der Waals surface area (Å²) >= 11 is 7.07. The van der Waals surface area contributed by atoms with Crippen LogP contribution in [0.4, 0.5) is 5.82 Å². The third-order valence-corrected chi connectivity index (χ3v) is 4.46. The van der Waals surface area contributed by atoms with E-state index in [0.29, 0.717) is 5.15 Å². The summed E-state index contributed by atoms with van der Waals surface area (Å²) in [7, 11) is 3.78. The Morgan fingerprint density at radius 2 is 2.16 bits per heavy atom. The van der Waals surface area contributed by atoms with E-state index >= 15 is 0 Å². The van der Waals surface area contributed by atoms with E-state index in [0.717, 1.165) is 16.3 Å². The second-order valence-electron chi connectivity index (χ2n) is 4.51. The topological polar surface area (TPSA) is 38.1 Å². The highest BCUT2D eigenvalue weighted by Gasteiger charge is 2.19. The Morgan fingerprint density at radius 3 is 2.63 bits per heavy atom. The molecule has 6 heteroatoms. The van der Waals surface area contributed by atoms with Crippen LogP contribution < -0.4 is 9.77 Å². The van der Waals surface area contributed by atoms with Crippen LogP contribution in [-0.2, 0) is 7.05 Å². The third kappa shape index (κ3) is 2.67. The van der Waals surface area contributed by atoms with Crippen molar-refractivity contribution in [1.29, 1.82) is 0 Å². The number of aryl methyl sites for hydroxylation is 1. The van der Waals surface area contributed by atoms with Crippen LogP contribution in [0.3, 0.4) is 0 Å². The first kappa shape index (κ1) is 14.1. The van der Waals surface area contributed by atoms with Crippen molar-refractivity contribution in [3.8, 4) is 0 Å². The summed E-state index contributed by atoms with van der Waals surface area (Å²) in [5.41, 5.74) is 1.06. The molecule has 0 bridgehead atoms. The van der Waals surface area contributed by atoms with Crippen molar-refractivity contribution in [1.82, 2.24) is 9.55 Å². The molecule has 4 nitrogen and oxygen atoms in total. The molecule has 0 amide bonds. The zero-order valence-corrected chi connectivity index (χ0v) is 12.9. The van der Waals surface area contributed by atoms with Crippen LogP contribution in [0.15, 0.2) is 23.1 Å². The van der Waals surface area contributed by atoms with Gasteiger partial charge in [0.2, 0.25) is 0 Å². The van der Waals surface area contributed by atoms with E-state index in [2.05, 4.69) is 16.8 Å². The van der Waals surface area contributed by atoms with Gasteiger partial charge in [-0.25, -0.2) is 4.98 Å². The molecule has 1 atom stereocenters. The van der Waals surface area contributed by atoms with Gasteiger partial charge in [-0.3, -0.25) is 9.36 Å². The van der Waals surface area contributed by atoms with Gasteiger partial charge < -0.3 is 4.90 Å². The summed E-state index contributed by atoms with van der Waals surface area (Å²) in [6.07, 6.45) is 1.77. The predicted molar refractivity (Wildman–Crippen MR) is 80.4 cm³/mol. The second-order valence-corrected chi connectivity index (χ2v) is 6.06. The van der Waals surface area contributed by atoms with E-state index in [-0.39, 0.29) is 10.9 Å². The largest absolute Gasteiger partial charge is 0.353 e. The molecule has 0 aliphatic heterocycles. The van der Waals surface area contributed by atoms with Gasteiger partial charge in [0.25, 0.3) is 0 Å². The van der Waals surface area contributed by atoms with Crippen LogP contribution in [0.25, 0.3) is 0 Å². The van der Waals surface area contributed by atoms with Crippen molar-refractivity contribution in [2.24, 2.45) is 7.05 Å². The maximum absolute atomic E-state index is 11.7. The lowest BCUT2D eigenvalue weighted by Gasteiger charge is -2.27. The van der Waals surface area contributed by atoms with Crippen LogP contribution in [0.5, 0.6) is 0 Å². The smallest absolute Gasteiger partial charge is 0.308 e. The summed E-state index contributed by atoms with van der Waals surface area (Å²) in [6, 6.07) is 3.85. The molecule has 0 fully saturated rings. The quantitative estimate of drug-likeness (QED) is 0.818. The molecule has 0 N–H and O–H groups in total. The zero-order chi connectivity index (χ0) is 14.2. The van der Waals surface area contributed by atoms with Crippen LogP contribution in [0.2, 0.25) is 5.15 Å². The van der Waals surface area contributed by atoms with Gasteiger partial charge in [0.1, 0.15) is 11.0 Å². The van der Waals surface area contributed by atoms with Gasteiger partial charge in [-0.15, -0.1) is 0 Å². The first-order valence-corrected chi connectivity index (χ1v) is 7.12. The molecular weight excluding hydrogens is 282 g/mol. The fraction of sp³-hybridized carbons (Fsp3) is 0.385. The lowest BCUT2D eigenvalue weighted by Crippen LogP contribution is -2.26.